The summed E-state index contributed by atoms with van der Waals surface area (Å²) in [6.07, 6.45) is 0. The lowest BCUT2D eigenvalue weighted by atomic mass is 10.4. The fourth-order valence-corrected chi connectivity index (χ4v) is 1.57. The molecule has 0 amide bonds. The monoisotopic (exact) mass is 201 g/mol. The molecule has 0 saturated carbocycles. The van der Waals surface area contributed by atoms with Gasteiger partial charge >= 0.3 is 0 Å². The highest BCUT2D eigenvalue weighted by atomic mass is 35.5. The summed E-state index contributed by atoms with van der Waals surface area (Å²) in [5.41, 5.74) is 6.28. The second-order valence-corrected chi connectivity index (χ2v) is 3.08. The SMILES string of the molecule is Nc1nc(Cl)c2cccc(Cl)n12. The Balaban J connectivity index is 2.99. The predicted molar refractivity (Wildman–Crippen MR) is 49.6 cm³/mol. The third-order valence-electron chi connectivity index (χ3n) is 1.60. The molecule has 0 saturated heterocycles. The number of nitrogens with two attached hydrogens (primary N) is 1. The Bertz CT molecular complexity index is 435. The molecule has 2 N–H and O–H groups in total. The maximum absolute atomic E-state index is 5.86. The number of hydrogen-bond donors (Lipinski definition) is 1. The summed E-state index contributed by atoms with van der Waals surface area (Å²) in [6.45, 7) is 0. The summed E-state index contributed by atoms with van der Waals surface area (Å²) >= 11 is 11.6. The van der Waals surface area contributed by atoms with Crippen molar-refractivity contribution < 1.29 is 0 Å². The van der Waals surface area contributed by atoms with E-state index in [4.69, 9.17) is 28.9 Å². The second-order valence-electron chi connectivity index (χ2n) is 2.33. The van der Waals surface area contributed by atoms with Crippen LogP contribution in [0, 0.1) is 0 Å². The number of hydrogen-bond acceptors (Lipinski definition) is 2. The number of nitrogens with zero attached hydrogens (tertiary/aromatic N) is 2. The second kappa shape index (κ2) is 2.54. The van der Waals surface area contributed by atoms with Crippen molar-refractivity contribution in [3.05, 3.63) is 28.5 Å². The summed E-state index contributed by atoms with van der Waals surface area (Å²) in [5, 5.41) is 0.874. The van der Waals surface area contributed by atoms with E-state index in [2.05, 4.69) is 4.98 Å². The van der Waals surface area contributed by atoms with Crippen molar-refractivity contribution in [1.82, 2.24) is 9.38 Å². The van der Waals surface area contributed by atoms with Crippen molar-refractivity contribution in [2.45, 2.75) is 0 Å². The van der Waals surface area contributed by atoms with E-state index in [0.29, 0.717) is 16.3 Å². The van der Waals surface area contributed by atoms with Crippen LogP contribution in [0.3, 0.4) is 0 Å². The van der Waals surface area contributed by atoms with Gasteiger partial charge in [-0.2, -0.15) is 0 Å². The highest BCUT2D eigenvalue weighted by Crippen LogP contribution is 2.23. The van der Waals surface area contributed by atoms with Crippen molar-refractivity contribution in [3.63, 3.8) is 0 Å². The molecule has 5 heteroatoms. The Morgan fingerprint density at radius 3 is 2.75 bits per heavy atom. The highest BCUT2D eigenvalue weighted by molar-refractivity contribution is 6.34. The van der Waals surface area contributed by atoms with Gasteiger partial charge in [-0.1, -0.05) is 29.3 Å². The minimum absolute atomic E-state index is 0.306. The highest BCUT2D eigenvalue weighted by Gasteiger charge is 2.07. The lowest BCUT2D eigenvalue weighted by molar-refractivity contribution is 1.17. The molecule has 0 aliphatic rings. The average Bonchev–Trinajstić information content (AvgIpc) is 2.29. The minimum Gasteiger partial charge on any atom is -0.369 e. The molecule has 62 valence electrons. The summed E-state index contributed by atoms with van der Waals surface area (Å²) in [5.74, 6) is 0.306. The van der Waals surface area contributed by atoms with E-state index in [1.54, 1.807) is 22.6 Å². The van der Waals surface area contributed by atoms with Crippen LogP contribution in [0.15, 0.2) is 18.2 Å². The Morgan fingerprint density at radius 1 is 1.33 bits per heavy atom. The van der Waals surface area contributed by atoms with E-state index in [0.717, 1.165) is 5.52 Å². The lowest BCUT2D eigenvalue weighted by Gasteiger charge is -1.97. The van der Waals surface area contributed by atoms with Gasteiger partial charge in [-0.05, 0) is 12.1 Å². The first-order valence-corrected chi connectivity index (χ1v) is 4.03. The topological polar surface area (TPSA) is 43.3 Å². The van der Waals surface area contributed by atoms with Crippen LogP contribution in [0.5, 0.6) is 0 Å². The van der Waals surface area contributed by atoms with Gasteiger partial charge in [0.25, 0.3) is 0 Å². The maximum Gasteiger partial charge on any atom is 0.207 e. The lowest BCUT2D eigenvalue weighted by Crippen LogP contribution is -1.94. The summed E-state index contributed by atoms with van der Waals surface area (Å²) in [7, 11) is 0. The van der Waals surface area contributed by atoms with Gasteiger partial charge in [-0.25, -0.2) is 4.98 Å². The molecule has 2 aromatic rings. The van der Waals surface area contributed by atoms with E-state index in [9.17, 15) is 0 Å². The number of halogens is 2. The first kappa shape index (κ1) is 7.71. The van der Waals surface area contributed by atoms with Crippen LogP contribution in [0.25, 0.3) is 5.52 Å². The zero-order valence-corrected chi connectivity index (χ0v) is 7.47. The molecule has 2 aromatic heterocycles. The van der Waals surface area contributed by atoms with Crippen molar-refractivity contribution in [3.8, 4) is 0 Å². The third-order valence-corrected chi connectivity index (χ3v) is 2.17. The zero-order valence-electron chi connectivity index (χ0n) is 5.96. The van der Waals surface area contributed by atoms with Crippen LogP contribution in [0.4, 0.5) is 5.95 Å². The quantitative estimate of drug-likeness (QED) is 0.665. The first-order chi connectivity index (χ1) is 5.70. The molecule has 0 atom stereocenters. The molecule has 0 fully saturated rings. The molecule has 0 bridgehead atoms. The van der Waals surface area contributed by atoms with Crippen LogP contribution < -0.4 is 5.73 Å². The smallest absolute Gasteiger partial charge is 0.207 e. The zero-order chi connectivity index (χ0) is 8.72. The Kier molecular flexibility index (Phi) is 1.63. The molecule has 0 aromatic carbocycles. The number of nitrogen functional groups attached to an aromatic ring is 1. The Labute approximate surface area is 78.7 Å². The van der Waals surface area contributed by atoms with Crippen LogP contribution in [-0.2, 0) is 0 Å². The van der Waals surface area contributed by atoms with Gasteiger partial charge in [0, 0.05) is 0 Å². The predicted octanol–water partition coefficient (Wildman–Crippen LogP) is 2.22. The largest absolute Gasteiger partial charge is 0.369 e. The van der Waals surface area contributed by atoms with Crippen LogP contribution in [0.1, 0.15) is 0 Å². The number of fused-ring (bicyclic) bond motifs is 1. The standard InChI is InChI=1S/C7H5Cl2N3/c8-5-3-1-2-4-6(9)11-7(10)12(4)5/h1-3H,(H2,10,11). The van der Waals surface area contributed by atoms with Gasteiger partial charge in [-0.15, -0.1) is 0 Å². The number of anilines is 1. The van der Waals surface area contributed by atoms with E-state index in [1.165, 1.54) is 0 Å². The van der Waals surface area contributed by atoms with Crippen LogP contribution >= 0.6 is 23.2 Å². The molecule has 0 unspecified atom stereocenters. The van der Waals surface area contributed by atoms with Gasteiger partial charge in [-0.3, -0.25) is 4.40 Å². The molecule has 0 spiro atoms. The minimum atomic E-state index is 0.306. The molecule has 0 radical (unpaired) electrons. The number of rotatable bonds is 0. The van der Waals surface area contributed by atoms with Gasteiger partial charge in [0.05, 0.1) is 5.52 Å². The van der Waals surface area contributed by atoms with Gasteiger partial charge in [0.1, 0.15) is 5.15 Å². The van der Waals surface area contributed by atoms with E-state index >= 15 is 0 Å². The molecule has 2 heterocycles. The summed E-state index contributed by atoms with van der Waals surface area (Å²) < 4.78 is 1.59. The van der Waals surface area contributed by atoms with Crippen molar-refractivity contribution in [1.29, 1.82) is 0 Å². The summed E-state index contributed by atoms with van der Waals surface area (Å²) in [6, 6.07) is 5.32. The average molecular weight is 202 g/mol. The molecule has 12 heavy (non-hydrogen) atoms. The molecular formula is C7H5Cl2N3. The van der Waals surface area contributed by atoms with Gasteiger partial charge in [0.2, 0.25) is 5.95 Å². The van der Waals surface area contributed by atoms with Gasteiger partial charge in [0.15, 0.2) is 5.15 Å². The molecule has 0 aliphatic carbocycles. The molecule has 2 rings (SSSR count). The van der Waals surface area contributed by atoms with Crippen LogP contribution in [0.2, 0.25) is 10.3 Å². The molecule has 0 aliphatic heterocycles. The Hall–Kier alpha value is -0.930. The number of pyridine rings is 1. The van der Waals surface area contributed by atoms with Crippen molar-refractivity contribution in [2.75, 3.05) is 5.73 Å². The molecule has 3 nitrogen and oxygen atoms in total. The van der Waals surface area contributed by atoms with Crippen molar-refractivity contribution >= 4 is 34.7 Å². The Morgan fingerprint density at radius 2 is 2.08 bits per heavy atom. The number of imidazole rings is 1. The van der Waals surface area contributed by atoms with E-state index in [-0.39, 0.29) is 0 Å². The third kappa shape index (κ3) is 0.940. The van der Waals surface area contributed by atoms with Crippen molar-refractivity contribution in [2.24, 2.45) is 0 Å². The normalized spacial score (nSPS) is 10.8. The fraction of sp³-hybridized carbons (Fsp3) is 0. The summed E-state index contributed by atoms with van der Waals surface area (Å²) in [4.78, 5) is 3.87. The number of aromatic nitrogens is 2. The molecular weight excluding hydrogens is 197 g/mol. The van der Waals surface area contributed by atoms with E-state index in [1.807, 2.05) is 0 Å². The first-order valence-electron chi connectivity index (χ1n) is 3.28. The maximum atomic E-state index is 5.86. The van der Waals surface area contributed by atoms with E-state index < -0.39 is 0 Å². The van der Waals surface area contributed by atoms with Gasteiger partial charge < -0.3 is 5.73 Å². The van der Waals surface area contributed by atoms with Crippen LogP contribution in [-0.4, -0.2) is 9.38 Å². The fourth-order valence-electron chi connectivity index (χ4n) is 1.08.